The van der Waals surface area contributed by atoms with Crippen LogP contribution in [0.2, 0.25) is 0 Å². The molecule has 0 aliphatic heterocycles. The minimum atomic E-state index is -4.06. The summed E-state index contributed by atoms with van der Waals surface area (Å²) in [6, 6.07) is 7.58. The molecule has 2 aromatic rings. The van der Waals surface area contributed by atoms with Crippen LogP contribution in [-0.2, 0) is 10.0 Å². The maximum Gasteiger partial charge on any atom is 0.339 e. The highest BCUT2D eigenvalue weighted by Crippen LogP contribution is 2.23. The number of aromatic hydroxyl groups is 1. The molecule has 0 atom stereocenters. The van der Waals surface area contributed by atoms with Gasteiger partial charge in [-0.3, -0.25) is 4.72 Å². The second-order valence-electron chi connectivity index (χ2n) is 4.10. The van der Waals surface area contributed by atoms with Crippen molar-refractivity contribution >= 4 is 21.7 Å². The Kier molecular flexibility index (Phi) is 3.81. The summed E-state index contributed by atoms with van der Waals surface area (Å²) in [7, 11) is -4.06. The van der Waals surface area contributed by atoms with E-state index in [-0.39, 0.29) is 10.6 Å². The quantitative estimate of drug-likeness (QED) is 0.750. The second-order valence-corrected chi connectivity index (χ2v) is 5.78. The first-order valence-corrected chi connectivity index (χ1v) is 7.12. The van der Waals surface area contributed by atoms with Crippen LogP contribution in [0, 0.1) is 5.82 Å². The highest BCUT2D eigenvalue weighted by Gasteiger charge is 2.17. The van der Waals surface area contributed by atoms with Crippen LogP contribution in [0.5, 0.6) is 5.75 Å². The van der Waals surface area contributed by atoms with E-state index in [1.165, 1.54) is 18.2 Å². The molecule has 8 heteroatoms. The third-order valence-corrected chi connectivity index (χ3v) is 3.96. The molecule has 110 valence electrons. The molecule has 0 saturated heterocycles. The van der Waals surface area contributed by atoms with Gasteiger partial charge < -0.3 is 10.2 Å². The van der Waals surface area contributed by atoms with E-state index >= 15 is 0 Å². The summed E-state index contributed by atoms with van der Waals surface area (Å²) in [6.45, 7) is 0. The molecule has 0 saturated carbocycles. The fraction of sp³-hybridized carbons (Fsp3) is 0. The van der Waals surface area contributed by atoms with Crippen molar-refractivity contribution in [3.8, 4) is 5.75 Å². The van der Waals surface area contributed by atoms with E-state index in [9.17, 15) is 22.7 Å². The van der Waals surface area contributed by atoms with Crippen LogP contribution in [0.4, 0.5) is 10.1 Å². The SMILES string of the molecule is O=C(O)c1cc(NS(=O)(=O)c2cccc(F)c2)ccc1O. The number of carboxylic acids is 1. The summed E-state index contributed by atoms with van der Waals surface area (Å²) in [6.07, 6.45) is 0. The van der Waals surface area contributed by atoms with Crippen LogP contribution in [0.25, 0.3) is 0 Å². The van der Waals surface area contributed by atoms with E-state index in [1.807, 2.05) is 0 Å². The summed E-state index contributed by atoms with van der Waals surface area (Å²) < 4.78 is 39.2. The van der Waals surface area contributed by atoms with Crippen LogP contribution >= 0.6 is 0 Å². The van der Waals surface area contributed by atoms with Crippen molar-refractivity contribution in [2.24, 2.45) is 0 Å². The van der Waals surface area contributed by atoms with Crippen molar-refractivity contribution in [3.63, 3.8) is 0 Å². The third-order valence-electron chi connectivity index (χ3n) is 2.59. The minimum Gasteiger partial charge on any atom is -0.507 e. The number of nitrogens with one attached hydrogen (secondary N) is 1. The lowest BCUT2D eigenvalue weighted by Crippen LogP contribution is -2.13. The minimum absolute atomic E-state index is 0.0607. The summed E-state index contributed by atoms with van der Waals surface area (Å²) in [5, 5.41) is 18.2. The van der Waals surface area contributed by atoms with Gasteiger partial charge >= 0.3 is 5.97 Å². The van der Waals surface area contributed by atoms with Gasteiger partial charge in [-0.2, -0.15) is 0 Å². The van der Waals surface area contributed by atoms with Crippen molar-refractivity contribution in [1.82, 2.24) is 0 Å². The van der Waals surface area contributed by atoms with Gasteiger partial charge in [-0.25, -0.2) is 17.6 Å². The van der Waals surface area contributed by atoms with Gasteiger partial charge in [0, 0.05) is 5.69 Å². The van der Waals surface area contributed by atoms with Crippen LogP contribution in [0.15, 0.2) is 47.4 Å². The van der Waals surface area contributed by atoms with Crippen molar-refractivity contribution in [1.29, 1.82) is 0 Å². The number of halogens is 1. The second kappa shape index (κ2) is 5.41. The van der Waals surface area contributed by atoms with Crippen LogP contribution in [-0.4, -0.2) is 24.6 Å². The predicted octanol–water partition coefficient (Wildman–Crippen LogP) is 2.03. The first kappa shape index (κ1) is 14.8. The van der Waals surface area contributed by atoms with Gasteiger partial charge in [0.05, 0.1) is 4.90 Å². The summed E-state index contributed by atoms with van der Waals surface area (Å²) in [5.74, 6) is -2.61. The highest BCUT2D eigenvalue weighted by atomic mass is 32.2. The average molecular weight is 311 g/mol. The Morgan fingerprint density at radius 1 is 1.14 bits per heavy atom. The van der Waals surface area contributed by atoms with Crippen LogP contribution in [0.3, 0.4) is 0 Å². The fourth-order valence-electron chi connectivity index (χ4n) is 1.62. The van der Waals surface area contributed by atoms with Crippen molar-refractivity contribution < 1.29 is 27.8 Å². The lowest BCUT2D eigenvalue weighted by atomic mass is 10.2. The van der Waals surface area contributed by atoms with Gasteiger partial charge in [0.25, 0.3) is 10.0 Å². The van der Waals surface area contributed by atoms with Gasteiger partial charge in [0.1, 0.15) is 17.1 Å². The Morgan fingerprint density at radius 2 is 1.86 bits per heavy atom. The standard InChI is InChI=1S/C13H10FNO5S/c14-8-2-1-3-10(6-8)21(19,20)15-9-4-5-12(16)11(7-9)13(17)18/h1-7,15-16H,(H,17,18). The molecule has 2 aromatic carbocycles. The Labute approximate surface area is 119 Å². The zero-order valence-electron chi connectivity index (χ0n) is 10.4. The van der Waals surface area contributed by atoms with Gasteiger partial charge in [0.2, 0.25) is 0 Å². The summed E-state index contributed by atoms with van der Waals surface area (Å²) in [4.78, 5) is 10.6. The molecular weight excluding hydrogens is 301 g/mol. The molecule has 0 spiro atoms. The number of rotatable bonds is 4. The number of hydrogen-bond acceptors (Lipinski definition) is 4. The molecule has 0 amide bonds. The van der Waals surface area contributed by atoms with Crippen molar-refractivity contribution in [2.75, 3.05) is 4.72 Å². The summed E-state index contributed by atoms with van der Waals surface area (Å²) >= 11 is 0. The molecule has 0 fully saturated rings. The molecule has 0 aliphatic rings. The number of carbonyl (C=O) groups is 1. The largest absolute Gasteiger partial charge is 0.507 e. The van der Waals surface area contributed by atoms with Gasteiger partial charge in [-0.15, -0.1) is 0 Å². The van der Waals surface area contributed by atoms with E-state index < -0.39 is 33.1 Å². The fourth-order valence-corrected chi connectivity index (χ4v) is 2.70. The normalized spacial score (nSPS) is 11.1. The first-order valence-electron chi connectivity index (χ1n) is 5.64. The smallest absolute Gasteiger partial charge is 0.339 e. The molecule has 6 nitrogen and oxygen atoms in total. The Bertz CT molecular complexity index is 804. The Balaban J connectivity index is 2.37. The van der Waals surface area contributed by atoms with E-state index in [0.717, 1.165) is 24.3 Å². The molecule has 0 unspecified atom stereocenters. The molecule has 2 rings (SSSR count). The van der Waals surface area contributed by atoms with Gasteiger partial charge in [-0.1, -0.05) is 6.07 Å². The zero-order chi connectivity index (χ0) is 15.6. The Hall–Kier alpha value is -2.61. The number of sulfonamides is 1. The molecule has 21 heavy (non-hydrogen) atoms. The van der Waals surface area contributed by atoms with E-state index in [1.54, 1.807) is 0 Å². The van der Waals surface area contributed by atoms with Crippen LogP contribution < -0.4 is 4.72 Å². The number of phenols is 1. The van der Waals surface area contributed by atoms with E-state index in [4.69, 9.17) is 5.11 Å². The maximum atomic E-state index is 13.1. The molecular formula is C13H10FNO5S. The summed E-state index contributed by atoms with van der Waals surface area (Å²) in [5.41, 5.74) is -0.510. The van der Waals surface area contributed by atoms with Gasteiger partial charge in [-0.05, 0) is 36.4 Å². The highest BCUT2D eigenvalue weighted by molar-refractivity contribution is 7.92. The number of carboxylic acid groups (broad SMARTS) is 1. The van der Waals surface area contributed by atoms with Gasteiger partial charge in [0.15, 0.2) is 0 Å². The topological polar surface area (TPSA) is 104 Å². The first-order chi connectivity index (χ1) is 9.79. The predicted molar refractivity (Wildman–Crippen MR) is 72.3 cm³/mol. The zero-order valence-corrected chi connectivity index (χ0v) is 11.3. The van der Waals surface area contributed by atoms with E-state index in [0.29, 0.717) is 0 Å². The van der Waals surface area contributed by atoms with E-state index in [2.05, 4.69) is 4.72 Å². The molecule has 0 bridgehead atoms. The number of aromatic carboxylic acids is 1. The third kappa shape index (κ3) is 3.29. The Morgan fingerprint density at radius 3 is 2.48 bits per heavy atom. The number of hydrogen-bond donors (Lipinski definition) is 3. The molecule has 0 heterocycles. The number of anilines is 1. The lowest BCUT2D eigenvalue weighted by Gasteiger charge is -2.09. The van der Waals surface area contributed by atoms with Crippen LogP contribution in [0.1, 0.15) is 10.4 Å². The monoisotopic (exact) mass is 311 g/mol. The molecule has 0 radical (unpaired) electrons. The van der Waals surface area contributed by atoms with Crippen molar-refractivity contribution in [3.05, 3.63) is 53.8 Å². The maximum absolute atomic E-state index is 13.1. The molecule has 3 N–H and O–H groups in total. The number of benzene rings is 2. The van der Waals surface area contributed by atoms with Crippen molar-refractivity contribution in [2.45, 2.75) is 4.90 Å². The molecule has 0 aromatic heterocycles. The lowest BCUT2D eigenvalue weighted by molar-refractivity contribution is 0.0693. The average Bonchev–Trinajstić information content (AvgIpc) is 2.40. The molecule has 0 aliphatic carbocycles.